The van der Waals surface area contributed by atoms with Gasteiger partial charge in [-0.25, -0.2) is 0 Å². The summed E-state index contributed by atoms with van der Waals surface area (Å²) in [6.45, 7) is 3.09. The molecule has 66 valence electrons. The summed E-state index contributed by atoms with van der Waals surface area (Å²) >= 11 is 0. The standard InChI is InChI=1S/C3H5NO.CH3O3P.CH4/c1-2-3(4)5;1-4-5(2)3;/h2H,1H2,(H2,4,5);1H3;1H4/p+1. The van der Waals surface area contributed by atoms with Crippen LogP contribution >= 0.6 is 8.25 Å². The lowest BCUT2D eigenvalue weighted by Crippen LogP contribution is -2.04. The zero-order valence-corrected chi connectivity index (χ0v) is 6.38. The molecule has 0 saturated carbocycles. The van der Waals surface area contributed by atoms with E-state index < -0.39 is 14.2 Å². The highest BCUT2D eigenvalue weighted by atomic mass is 31.1. The Hall–Kier alpha value is -0.770. The van der Waals surface area contributed by atoms with Crippen LogP contribution in [0.2, 0.25) is 0 Å². The Kier molecular flexibility index (Phi) is 18.1. The molecule has 0 aliphatic heterocycles. The molecule has 6 heteroatoms. The predicted octanol–water partition coefficient (Wildman–Crippen LogP) is 0.576. The maximum atomic E-state index is 9.47. The van der Waals surface area contributed by atoms with Crippen LogP contribution in [0.25, 0.3) is 0 Å². The normalized spacial score (nSPS) is 8.00. The van der Waals surface area contributed by atoms with Crippen molar-refractivity contribution in [2.45, 2.75) is 7.43 Å². The van der Waals surface area contributed by atoms with Crippen molar-refractivity contribution in [2.24, 2.45) is 5.73 Å². The minimum absolute atomic E-state index is 0. The van der Waals surface area contributed by atoms with Crippen LogP contribution in [0.4, 0.5) is 0 Å². The molecular weight excluding hydrogens is 169 g/mol. The van der Waals surface area contributed by atoms with E-state index in [9.17, 15) is 9.36 Å². The Bertz CT molecular complexity index is 136. The van der Waals surface area contributed by atoms with Gasteiger partial charge in [-0.2, -0.15) is 0 Å². The summed E-state index contributed by atoms with van der Waals surface area (Å²) in [5.41, 5.74) is 4.53. The van der Waals surface area contributed by atoms with Gasteiger partial charge in [-0.1, -0.05) is 14.0 Å². The highest BCUT2D eigenvalue weighted by molar-refractivity contribution is 7.32. The number of nitrogens with two attached hydrogens (primary N) is 1. The van der Waals surface area contributed by atoms with E-state index in [1.807, 2.05) is 0 Å². The number of amides is 1. The third kappa shape index (κ3) is 46.2. The Morgan fingerprint density at radius 1 is 1.82 bits per heavy atom. The largest absolute Gasteiger partial charge is 0.694 e. The molecule has 0 fully saturated rings. The predicted molar refractivity (Wildman–Crippen MR) is 43.0 cm³/mol. The number of carbonyl (C=O) groups excluding carboxylic acids is 1. The first-order chi connectivity index (χ1) is 4.54. The molecule has 1 unspecified atom stereocenters. The second kappa shape index (κ2) is 12.0. The zero-order chi connectivity index (χ0) is 8.57. The van der Waals surface area contributed by atoms with E-state index in [-0.39, 0.29) is 7.43 Å². The van der Waals surface area contributed by atoms with Crippen molar-refractivity contribution < 1.29 is 18.8 Å². The molecule has 0 heterocycles. The summed E-state index contributed by atoms with van der Waals surface area (Å²) in [6.07, 6.45) is 1.06. The van der Waals surface area contributed by atoms with E-state index in [0.29, 0.717) is 0 Å². The van der Waals surface area contributed by atoms with Crippen LogP contribution in [0.15, 0.2) is 12.7 Å². The monoisotopic (exact) mass is 182 g/mol. The fraction of sp³-hybridized carbons (Fsp3) is 0.400. The van der Waals surface area contributed by atoms with Crippen LogP contribution in [-0.2, 0) is 13.9 Å². The molecule has 0 aromatic rings. The Morgan fingerprint density at radius 3 is 2.00 bits per heavy atom. The highest BCUT2D eigenvalue weighted by Gasteiger charge is 2.02. The first kappa shape index (κ1) is 16.7. The van der Waals surface area contributed by atoms with E-state index in [0.717, 1.165) is 6.08 Å². The van der Waals surface area contributed by atoms with E-state index in [2.05, 4.69) is 16.8 Å². The summed E-state index contributed by atoms with van der Waals surface area (Å²) in [4.78, 5) is 17.1. The second-order valence-electron chi connectivity index (χ2n) is 1.03. The molecule has 0 saturated heterocycles. The van der Waals surface area contributed by atoms with Crippen molar-refractivity contribution in [1.82, 2.24) is 0 Å². The molecule has 11 heavy (non-hydrogen) atoms. The molecule has 1 atom stereocenters. The van der Waals surface area contributed by atoms with Crippen LogP contribution < -0.4 is 5.73 Å². The lowest BCUT2D eigenvalue weighted by Gasteiger charge is -1.65. The van der Waals surface area contributed by atoms with Crippen LogP contribution in [0, 0.1) is 0 Å². The highest BCUT2D eigenvalue weighted by Crippen LogP contribution is 2.09. The summed E-state index contributed by atoms with van der Waals surface area (Å²) in [6, 6.07) is 0. The molecular formula is C5H13NO4P+. The maximum absolute atomic E-state index is 9.47. The van der Waals surface area contributed by atoms with Crippen LogP contribution in [0.5, 0.6) is 0 Å². The second-order valence-corrected chi connectivity index (χ2v) is 1.87. The van der Waals surface area contributed by atoms with Crippen molar-refractivity contribution in [3.63, 3.8) is 0 Å². The van der Waals surface area contributed by atoms with Gasteiger partial charge in [-0.15, -0.1) is 9.42 Å². The minimum Gasteiger partial charge on any atom is -0.366 e. The molecule has 0 rings (SSSR count). The molecule has 3 N–H and O–H groups in total. The molecule has 0 aliphatic rings. The average molecular weight is 182 g/mol. The topological polar surface area (TPSA) is 89.6 Å². The maximum Gasteiger partial charge on any atom is 0.694 e. The van der Waals surface area contributed by atoms with E-state index in [1.165, 1.54) is 7.11 Å². The van der Waals surface area contributed by atoms with E-state index in [4.69, 9.17) is 4.89 Å². The summed E-state index contributed by atoms with van der Waals surface area (Å²) in [7, 11) is -1.18. The number of hydrogen-bond acceptors (Lipinski definition) is 3. The zero-order valence-electron chi connectivity index (χ0n) is 5.48. The van der Waals surface area contributed by atoms with Crippen LogP contribution in [0.3, 0.4) is 0 Å². The summed E-state index contributed by atoms with van der Waals surface area (Å²) < 4.78 is 13.1. The summed E-state index contributed by atoms with van der Waals surface area (Å²) in [5.74, 6) is -0.481. The molecule has 0 spiro atoms. The number of hydrogen-bond donors (Lipinski definition) is 2. The van der Waals surface area contributed by atoms with Crippen molar-refractivity contribution in [2.75, 3.05) is 7.11 Å². The SMILES string of the molecule is C.C=CC(N)=O.CO[P+](=O)O. The van der Waals surface area contributed by atoms with Gasteiger partial charge < -0.3 is 5.73 Å². The van der Waals surface area contributed by atoms with Gasteiger partial charge >= 0.3 is 8.25 Å². The lowest BCUT2D eigenvalue weighted by atomic mass is 10.6. The smallest absolute Gasteiger partial charge is 0.366 e. The molecule has 0 aromatic heterocycles. The minimum atomic E-state index is -2.35. The number of rotatable bonds is 2. The molecule has 0 aromatic carbocycles. The van der Waals surface area contributed by atoms with Crippen molar-refractivity contribution in [1.29, 1.82) is 0 Å². The number of primary amides is 1. The van der Waals surface area contributed by atoms with Crippen LogP contribution in [0.1, 0.15) is 7.43 Å². The van der Waals surface area contributed by atoms with Gasteiger partial charge in [0.25, 0.3) is 0 Å². The molecule has 0 radical (unpaired) electrons. The Labute approximate surface area is 66.8 Å². The fourth-order valence-corrected chi connectivity index (χ4v) is 0. The molecule has 5 nitrogen and oxygen atoms in total. The average Bonchev–Trinajstić information content (AvgIpc) is 1.89. The van der Waals surface area contributed by atoms with Crippen molar-refractivity contribution in [3.05, 3.63) is 12.7 Å². The van der Waals surface area contributed by atoms with Gasteiger partial charge in [0.1, 0.15) is 0 Å². The first-order valence-electron chi connectivity index (χ1n) is 2.16. The third-order valence-corrected chi connectivity index (χ3v) is 0.670. The van der Waals surface area contributed by atoms with Gasteiger partial charge in [0, 0.05) is 4.57 Å². The number of carbonyl (C=O) groups is 1. The first-order valence-corrected chi connectivity index (χ1v) is 3.29. The quantitative estimate of drug-likeness (QED) is 0.482. The fourth-order valence-electron chi connectivity index (χ4n) is 0. The molecule has 1 amide bonds. The molecule has 0 bridgehead atoms. The van der Waals surface area contributed by atoms with Crippen molar-refractivity contribution >= 4 is 14.2 Å². The van der Waals surface area contributed by atoms with E-state index in [1.54, 1.807) is 0 Å². The van der Waals surface area contributed by atoms with Gasteiger partial charge in [-0.3, -0.25) is 4.79 Å². The van der Waals surface area contributed by atoms with Crippen LogP contribution in [-0.4, -0.2) is 17.9 Å². The van der Waals surface area contributed by atoms with E-state index >= 15 is 0 Å². The third-order valence-electron chi connectivity index (χ3n) is 0.357. The van der Waals surface area contributed by atoms with Crippen molar-refractivity contribution in [3.8, 4) is 0 Å². The van der Waals surface area contributed by atoms with Gasteiger partial charge in [-0.05, 0) is 6.08 Å². The van der Waals surface area contributed by atoms with Gasteiger partial charge in [0.05, 0.1) is 7.11 Å². The Morgan fingerprint density at radius 2 is 2.00 bits per heavy atom. The van der Waals surface area contributed by atoms with Gasteiger partial charge in [0.2, 0.25) is 5.91 Å². The lowest BCUT2D eigenvalue weighted by molar-refractivity contribution is -0.113. The van der Waals surface area contributed by atoms with Gasteiger partial charge in [0.15, 0.2) is 0 Å². The molecule has 0 aliphatic carbocycles. The Balaban J connectivity index is -0.000000107. The summed E-state index contributed by atoms with van der Waals surface area (Å²) in [5, 5.41) is 0.